The molecule has 6 nitrogen and oxygen atoms in total. The topological polar surface area (TPSA) is 88.5 Å². The van der Waals surface area contributed by atoms with Gasteiger partial charge in [-0.1, -0.05) is 26.8 Å². The van der Waals surface area contributed by atoms with Gasteiger partial charge in [0.1, 0.15) is 12.4 Å². The van der Waals surface area contributed by atoms with E-state index in [1.165, 1.54) is 12.1 Å². The fourth-order valence-electron chi connectivity index (χ4n) is 2.89. The molecule has 166 valence electrons. The fraction of sp³-hybridized carbons (Fsp3) is 0.348. The number of aliphatic hydroxyl groups is 1. The maximum absolute atomic E-state index is 12.4. The predicted octanol–water partition coefficient (Wildman–Crippen LogP) is 4.27. The Morgan fingerprint density at radius 2 is 1.84 bits per heavy atom. The Hall–Kier alpha value is -2.26. The number of nitrogens with zero attached hydrogens (tertiary/aromatic N) is 1. The number of sulfonamides is 1. The highest BCUT2D eigenvalue weighted by Gasteiger charge is 2.18. The largest absolute Gasteiger partial charge is 0.492 e. The van der Waals surface area contributed by atoms with Crippen LogP contribution in [0.15, 0.2) is 52.7 Å². The summed E-state index contributed by atoms with van der Waals surface area (Å²) in [5.41, 5.74) is 3.42. The van der Waals surface area contributed by atoms with E-state index in [-0.39, 0.29) is 30.1 Å². The van der Waals surface area contributed by atoms with E-state index in [0.717, 1.165) is 21.8 Å². The van der Waals surface area contributed by atoms with Crippen LogP contribution in [0.25, 0.3) is 11.3 Å². The summed E-state index contributed by atoms with van der Waals surface area (Å²) in [6.45, 7) is 8.39. The van der Waals surface area contributed by atoms with E-state index in [1.807, 2.05) is 31.2 Å². The number of hydrogen-bond donors (Lipinski definition) is 2. The van der Waals surface area contributed by atoms with Crippen molar-refractivity contribution in [2.45, 2.75) is 44.6 Å². The molecular weight excluding hydrogens is 432 g/mol. The van der Waals surface area contributed by atoms with Gasteiger partial charge in [0.05, 0.1) is 22.2 Å². The maximum Gasteiger partial charge on any atom is 0.240 e. The van der Waals surface area contributed by atoms with Crippen LogP contribution in [0.2, 0.25) is 0 Å². The highest BCUT2D eigenvalue weighted by atomic mass is 32.2. The molecule has 0 aliphatic carbocycles. The summed E-state index contributed by atoms with van der Waals surface area (Å²) < 4.78 is 33.1. The zero-order chi connectivity index (χ0) is 22.6. The molecule has 0 fully saturated rings. The summed E-state index contributed by atoms with van der Waals surface area (Å²) in [7, 11) is -3.66. The fourth-order valence-corrected chi connectivity index (χ4v) is 4.87. The number of nitrogens with one attached hydrogen (secondary N) is 1. The van der Waals surface area contributed by atoms with Crippen molar-refractivity contribution in [3.63, 3.8) is 0 Å². The molecule has 3 rings (SSSR count). The van der Waals surface area contributed by atoms with Crippen molar-refractivity contribution in [2.75, 3.05) is 13.2 Å². The summed E-state index contributed by atoms with van der Waals surface area (Å²) in [4.78, 5) is 4.84. The van der Waals surface area contributed by atoms with Gasteiger partial charge in [-0.3, -0.25) is 0 Å². The monoisotopic (exact) mass is 460 g/mol. The van der Waals surface area contributed by atoms with Gasteiger partial charge < -0.3 is 9.84 Å². The second kappa shape index (κ2) is 9.48. The van der Waals surface area contributed by atoms with Gasteiger partial charge in [-0.05, 0) is 54.4 Å². The average molecular weight is 461 g/mol. The van der Waals surface area contributed by atoms with Crippen molar-refractivity contribution in [1.29, 1.82) is 0 Å². The van der Waals surface area contributed by atoms with Gasteiger partial charge in [0.2, 0.25) is 10.0 Å². The first-order chi connectivity index (χ1) is 14.6. The van der Waals surface area contributed by atoms with Crippen LogP contribution in [0.5, 0.6) is 5.75 Å². The lowest BCUT2D eigenvalue weighted by Crippen LogP contribution is -2.28. The van der Waals surface area contributed by atoms with Crippen LogP contribution in [0.3, 0.4) is 0 Å². The second-order valence-corrected chi connectivity index (χ2v) is 10.9. The van der Waals surface area contributed by atoms with E-state index in [2.05, 4.69) is 30.9 Å². The van der Waals surface area contributed by atoms with Crippen LogP contribution in [0.1, 0.15) is 36.9 Å². The number of hydrogen-bond acceptors (Lipinski definition) is 6. The molecule has 3 aromatic rings. The minimum atomic E-state index is -3.66. The lowest BCUT2D eigenvalue weighted by Gasteiger charge is -2.13. The summed E-state index contributed by atoms with van der Waals surface area (Å²) >= 11 is 1.65. The number of aliphatic hydroxyl groups excluding tert-OH is 1. The van der Waals surface area contributed by atoms with Gasteiger partial charge in [0.25, 0.3) is 0 Å². The molecular formula is C23H28N2O4S2. The third-order valence-corrected chi connectivity index (χ3v) is 7.49. The van der Waals surface area contributed by atoms with Crippen molar-refractivity contribution in [3.05, 3.63) is 64.0 Å². The summed E-state index contributed by atoms with van der Waals surface area (Å²) in [5, 5.41) is 12.5. The van der Waals surface area contributed by atoms with E-state index >= 15 is 0 Å². The first kappa shape index (κ1) is 23.4. The Balaban J connectivity index is 1.54. The first-order valence-corrected chi connectivity index (χ1v) is 12.4. The Labute approximate surface area is 188 Å². The molecule has 2 aromatic carbocycles. The van der Waals surface area contributed by atoms with Crippen molar-refractivity contribution in [2.24, 2.45) is 0 Å². The lowest BCUT2D eigenvalue weighted by atomic mass is 9.98. The molecule has 0 radical (unpaired) electrons. The molecule has 0 unspecified atom stereocenters. The van der Waals surface area contributed by atoms with Gasteiger partial charge >= 0.3 is 0 Å². The number of aromatic nitrogens is 1. The third-order valence-electron chi connectivity index (χ3n) is 4.76. The zero-order valence-electron chi connectivity index (χ0n) is 18.2. The van der Waals surface area contributed by atoms with E-state index in [1.54, 1.807) is 17.4 Å². The maximum atomic E-state index is 12.4. The molecule has 0 saturated heterocycles. The van der Waals surface area contributed by atoms with Crippen LogP contribution >= 0.6 is 11.3 Å². The van der Waals surface area contributed by atoms with Crippen molar-refractivity contribution in [1.82, 2.24) is 9.71 Å². The van der Waals surface area contributed by atoms with Crippen molar-refractivity contribution < 1.29 is 18.3 Å². The number of aryl methyl sites for hydroxylation is 1. The van der Waals surface area contributed by atoms with Gasteiger partial charge in [0, 0.05) is 22.9 Å². The Bertz CT molecular complexity index is 1130. The predicted molar refractivity (Wildman–Crippen MR) is 124 cm³/mol. The summed E-state index contributed by atoms with van der Waals surface area (Å²) in [5.74, 6) is 0.659. The molecule has 0 atom stereocenters. The smallest absolute Gasteiger partial charge is 0.240 e. The molecule has 1 heterocycles. The quantitative estimate of drug-likeness (QED) is 0.490. The third kappa shape index (κ3) is 5.92. The summed E-state index contributed by atoms with van der Waals surface area (Å²) in [6, 6.07) is 12.3. The SMILES string of the molecule is Cc1ccc(S(=O)(=O)NCCOc2ccc(-c3csc(C(C)(C)C)n3)cc2)cc1CO. The van der Waals surface area contributed by atoms with E-state index < -0.39 is 10.0 Å². The lowest BCUT2D eigenvalue weighted by molar-refractivity contribution is 0.280. The van der Waals surface area contributed by atoms with Crippen LogP contribution < -0.4 is 9.46 Å². The number of thiazole rings is 1. The molecule has 1 aromatic heterocycles. The van der Waals surface area contributed by atoms with Crippen molar-refractivity contribution >= 4 is 21.4 Å². The number of rotatable bonds is 8. The molecule has 31 heavy (non-hydrogen) atoms. The van der Waals surface area contributed by atoms with E-state index in [4.69, 9.17) is 9.72 Å². The molecule has 2 N–H and O–H groups in total. The van der Waals surface area contributed by atoms with Gasteiger partial charge in [-0.15, -0.1) is 11.3 Å². The Morgan fingerprint density at radius 1 is 1.13 bits per heavy atom. The molecule has 0 aliphatic heterocycles. The molecule has 0 spiro atoms. The van der Waals surface area contributed by atoms with E-state index in [9.17, 15) is 13.5 Å². The minimum Gasteiger partial charge on any atom is -0.492 e. The van der Waals surface area contributed by atoms with Gasteiger partial charge in [-0.2, -0.15) is 0 Å². The summed E-state index contributed by atoms with van der Waals surface area (Å²) in [6.07, 6.45) is 0. The molecule has 0 bridgehead atoms. The van der Waals surface area contributed by atoms with Crippen molar-refractivity contribution in [3.8, 4) is 17.0 Å². The first-order valence-electron chi connectivity index (χ1n) is 9.99. The standard InChI is InChI=1S/C23H28N2O4S2/c1-16-5-10-20(13-18(16)14-26)31(27,28)24-11-12-29-19-8-6-17(7-9-19)21-15-30-22(25-21)23(2,3)4/h5-10,13,15,24,26H,11-12,14H2,1-4H3. The molecule has 0 amide bonds. The average Bonchev–Trinajstić information content (AvgIpc) is 3.23. The van der Waals surface area contributed by atoms with E-state index in [0.29, 0.717) is 11.3 Å². The van der Waals surface area contributed by atoms with Gasteiger partial charge in [-0.25, -0.2) is 18.1 Å². The second-order valence-electron chi connectivity index (χ2n) is 8.30. The number of ether oxygens (including phenoxy) is 1. The number of benzene rings is 2. The van der Waals surface area contributed by atoms with Crippen LogP contribution in [-0.4, -0.2) is 31.7 Å². The highest BCUT2D eigenvalue weighted by molar-refractivity contribution is 7.89. The normalized spacial score (nSPS) is 12.2. The van der Waals surface area contributed by atoms with Crippen LogP contribution in [0, 0.1) is 6.92 Å². The molecule has 0 saturated carbocycles. The zero-order valence-corrected chi connectivity index (χ0v) is 19.8. The Morgan fingerprint density at radius 3 is 2.45 bits per heavy atom. The molecule has 8 heteroatoms. The van der Waals surface area contributed by atoms with Gasteiger partial charge in [0.15, 0.2) is 0 Å². The highest BCUT2D eigenvalue weighted by Crippen LogP contribution is 2.30. The molecule has 0 aliphatic rings. The van der Waals surface area contributed by atoms with Crippen LogP contribution in [0.4, 0.5) is 0 Å². The minimum absolute atomic E-state index is 0.0253. The Kier molecular flexibility index (Phi) is 7.16. The van der Waals surface area contributed by atoms with Crippen LogP contribution in [-0.2, 0) is 22.0 Å².